The summed E-state index contributed by atoms with van der Waals surface area (Å²) >= 11 is 3.33. The largest absolute Gasteiger partial charge is 0.341 e. The average molecular weight is 268 g/mol. The van der Waals surface area contributed by atoms with E-state index in [1.54, 1.807) is 11.2 Å². The van der Waals surface area contributed by atoms with Crippen molar-refractivity contribution in [2.24, 2.45) is 0 Å². The molecule has 3 nitrogen and oxygen atoms in total. The average Bonchev–Trinajstić information content (AvgIpc) is 2.07. The van der Waals surface area contributed by atoms with Crippen molar-refractivity contribution in [3.05, 3.63) is 0 Å². The molecule has 1 rings (SSSR count). The molecule has 0 aromatic heterocycles. The topological polar surface area (TPSA) is 37.4 Å². The maximum Gasteiger partial charge on any atom is 0.236 e. The first-order valence-corrected chi connectivity index (χ1v) is 6.98. The van der Waals surface area contributed by atoms with Gasteiger partial charge in [0.05, 0.1) is 4.83 Å². The molecular weight excluding hydrogens is 254 g/mol. The molecular formula is C8H14BrNO2S. The van der Waals surface area contributed by atoms with Crippen LogP contribution in [0.2, 0.25) is 0 Å². The Morgan fingerprint density at radius 3 is 3.00 bits per heavy atom. The lowest BCUT2D eigenvalue weighted by atomic mass is 10.1. The third-order valence-electron chi connectivity index (χ3n) is 2.11. The molecule has 0 bridgehead atoms. The van der Waals surface area contributed by atoms with Gasteiger partial charge in [0.1, 0.15) is 0 Å². The van der Waals surface area contributed by atoms with Crippen LogP contribution in [-0.4, -0.2) is 44.9 Å². The molecule has 5 heteroatoms. The summed E-state index contributed by atoms with van der Waals surface area (Å²) in [6, 6.07) is 0. The van der Waals surface area contributed by atoms with Gasteiger partial charge < -0.3 is 4.90 Å². The van der Waals surface area contributed by atoms with Crippen LogP contribution in [0.5, 0.6) is 0 Å². The van der Waals surface area contributed by atoms with E-state index in [0.717, 1.165) is 19.4 Å². The Labute approximate surface area is 89.5 Å². The lowest BCUT2D eigenvalue weighted by molar-refractivity contribution is -0.132. The Hall–Kier alpha value is 0.1000. The van der Waals surface area contributed by atoms with E-state index in [9.17, 15) is 9.00 Å². The highest BCUT2D eigenvalue weighted by molar-refractivity contribution is 9.10. The maximum absolute atomic E-state index is 11.5. The highest BCUT2D eigenvalue weighted by Gasteiger charge is 2.25. The van der Waals surface area contributed by atoms with Crippen molar-refractivity contribution < 1.29 is 9.00 Å². The van der Waals surface area contributed by atoms with Crippen LogP contribution in [0, 0.1) is 0 Å². The van der Waals surface area contributed by atoms with Crippen LogP contribution in [0.4, 0.5) is 0 Å². The van der Waals surface area contributed by atoms with Gasteiger partial charge in [-0.25, -0.2) is 0 Å². The lowest BCUT2D eigenvalue weighted by Crippen LogP contribution is -2.43. The minimum absolute atomic E-state index is 0.0217. The number of hydrogen-bond donors (Lipinski definition) is 0. The predicted molar refractivity (Wildman–Crippen MR) is 57.5 cm³/mol. The number of rotatable bonds is 3. The van der Waals surface area contributed by atoms with E-state index in [2.05, 4.69) is 15.9 Å². The Bertz CT molecular complexity index is 222. The molecule has 1 fully saturated rings. The summed E-state index contributed by atoms with van der Waals surface area (Å²) in [7, 11) is -0.803. The van der Waals surface area contributed by atoms with Crippen LogP contribution in [0.3, 0.4) is 0 Å². The first-order chi connectivity index (χ1) is 6.11. The fraction of sp³-hybridized carbons (Fsp3) is 0.875. The number of carbonyl (C=O) groups excluding carboxylic acids is 1. The second-order valence-corrected chi connectivity index (χ2v) is 5.87. The second-order valence-electron chi connectivity index (χ2n) is 3.21. The van der Waals surface area contributed by atoms with Crippen molar-refractivity contribution in [2.75, 3.05) is 25.1 Å². The summed E-state index contributed by atoms with van der Waals surface area (Å²) in [4.78, 5) is 13.3. The molecule has 13 heavy (non-hydrogen) atoms. The van der Waals surface area contributed by atoms with E-state index < -0.39 is 10.8 Å². The van der Waals surface area contributed by atoms with E-state index in [-0.39, 0.29) is 10.7 Å². The smallest absolute Gasteiger partial charge is 0.236 e. The molecule has 1 heterocycles. The van der Waals surface area contributed by atoms with E-state index in [1.165, 1.54) is 0 Å². The lowest BCUT2D eigenvalue weighted by Gasteiger charge is -2.29. The molecule has 1 saturated heterocycles. The van der Waals surface area contributed by atoms with E-state index in [4.69, 9.17) is 0 Å². The Morgan fingerprint density at radius 1 is 1.69 bits per heavy atom. The van der Waals surface area contributed by atoms with Crippen molar-refractivity contribution >= 4 is 32.6 Å². The van der Waals surface area contributed by atoms with Crippen LogP contribution in [0.25, 0.3) is 0 Å². The van der Waals surface area contributed by atoms with Crippen LogP contribution in [0.1, 0.15) is 12.8 Å². The Balaban J connectivity index is 2.40. The zero-order valence-electron chi connectivity index (χ0n) is 7.66. The van der Waals surface area contributed by atoms with E-state index in [1.807, 2.05) is 0 Å². The molecule has 0 spiro atoms. The standard InChI is InChI=1S/C8H14BrNO2S/c1-13(12)6-5-10-4-2-3-7(9)8(10)11/h7H,2-6H2,1H3. The van der Waals surface area contributed by atoms with Crippen molar-refractivity contribution in [1.29, 1.82) is 0 Å². The molecule has 2 atom stereocenters. The third kappa shape index (κ3) is 3.38. The normalized spacial score (nSPS) is 26.2. The number of likely N-dealkylation sites (tertiary alicyclic amines) is 1. The van der Waals surface area contributed by atoms with Gasteiger partial charge in [0.15, 0.2) is 0 Å². The predicted octanol–water partition coefficient (Wildman–Crippen LogP) is 0.751. The molecule has 0 aliphatic carbocycles. The van der Waals surface area contributed by atoms with Gasteiger partial charge >= 0.3 is 0 Å². The Kier molecular flexibility index (Phi) is 4.38. The van der Waals surface area contributed by atoms with Crippen molar-refractivity contribution in [1.82, 2.24) is 4.90 Å². The fourth-order valence-corrected chi connectivity index (χ4v) is 2.44. The number of halogens is 1. The minimum Gasteiger partial charge on any atom is -0.341 e. The number of hydrogen-bond acceptors (Lipinski definition) is 2. The summed E-state index contributed by atoms with van der Waals surface area (Å²) < 4.78 is 10.8. The maximum atomic E-state index is 11.5. The molecule has 0 N–H and O–H groups in total. The minimum atomic E-state index is -0.803. The van der Waals surface area contributed by atoms with Gasteiger partial charge in [-0.3, -0.25) is 9.00 Å². The summed E-state index contributed by atoms with van der Waals surface area (Å²) in [6.07, 6.45) is 3.63. The molecule has 0 aromatic carbocycles. The number of carbonyl (C=O) groups is 1. The molecule has 0 aromatic rings. The van der Waals surface area contributed by atoms with Crippen LogP contribution in [0.15, 0.2) is 0 Å². The number of amides is 1. The zero-order chi connectivity index (χ0) is 9.84. The Morgan fingerprint density at radius 2 is 2.38 bits per heavy atom. The molecule has 1 amide bonds. The monoisotopic (exact) mass is 267 g/mol. The van der Waals surface area contributed by atoms with Gasteiger partial charge in [0.2, 0.25) is 5.91 Å². The van der Waals surface area contributed by atoms with Gasteiger partial charge in [0.25, 0.3) is 0 Å². The summed E-state index contributed by atoms with van der Waals surface area (Å²) in [5, 5.41) is 0. The van der Waals surface area contributed by atoms with Crippen molar-refractivity contribution in [3.8, 4) is 0 Å². The molecule has 1 aliphatic rings. The number of nitrogens with zero attached hydrogens (tertiary/aromatic N) is 1. The highest BCUT2D eigenvalue weighted by Crippen LogP contribution is 2.17. The van der Waals surface area contributed by atoms with Crippen LogP contribution < -0.4 is 0 Å². The van der Waals surface area contributed by atoms with Crippen molar-refractivity contribution in [2.45, 2.75) is 17.7 Å². The molecule has 2 unspecified atom stereocenters. The van der Waals surface area contributed by atoms with Crippen molar-refractivity contribution in [3.63, 3.8) is 0 Å². The summed E-state index contributed by atoms with van der Waals surface area (Å²) in [5.74, 6) is 0.738. The number of alkyl halides is 1. The highest BCUT2D eigenvalue weighted by atomic mass is 79.9. The third-order valence-corrected chi connectivity index (χ3v) is 3.72. The summed E-state index contributed by atoms with van der Waals surface area (Å²) in [5.41, 5.74) is 0. The van der Waals surface area contributed by atoms with E-state index in [0.29, 0.717) is 12.3 Å². The first-order valence-electron chi connectivity index (χ1n) is 4.34. The van der Waals surface area contributed by atoms with Gasteiger partial charge in [0, 0.05) is 35.9 Å². The second kappa shape index (κ2) is 5.10. The fourth-order valence-electron chi connectivity index (χ4n) is 1.35. The first kappa shape index (κ1) is 11.2. The molecule has 0 saturated carbocycles. The molecule has 1 aliphatic heterocycles. The van der Waals surface area contributed by atoms with Gasteiger partial charge in [-0.05, 0) is 12.8 Å². The van der Waals surface area contributed by atoms with Gasteiger partial charge in [-0.1, -0.05) is 15.9 Å². The van der Waals surface area contributed by atoms with Gasteiger partial charge in [-0.15, -0.1) is 0 Å². The zero-order valence-corrected chi connectivity index (χ0v) is 10.1. The summed E-state index contributed by atoms with van der Waals surface area (Å²) in [6.45, 7) is 1.45. The quantitative estimate of drug-likeness (QED) is 0.708. The molecule has 76 valence electrons. The van der Waals surface area contributed by atoms with Gasteiger partial charge in [-0.2, -0.15) is 0 Å². The number of piperidine rings is 1. The SMILES string of the molecule is CS(=O)CCN1CCCC(Br)C1=O. The molecule has 0 radical (unpaired) electrons. The van der Waals surface area contributed by atoms with E-state index >= 15 is 0 Å². The van der Waals surface area contributed by atoms with Crippen LogP contribution >= 0.6 is 15.9 Å². The van der Waals surface area contributed by atoms with Crippen LogP contribution in [-0.2, 0) is 15.6 Å².